The summed E-state index contributed by atoms with van der Waals surface area (Å²) in [5.74, 6) is -0.343. The summed E-state index contributed by atoms with van der Waals surface area (Å²) in [6, 6.07) is 8.20. The first-order chi connectivity index (χ1) is 17.9. The van der Waals surface area contributed by atoms with E-state index in [-0.39, 0.29) is 47.9 Å². The quantitative estimate of drug-likeness (QED) is 0.575. The third-order valence-electron chi connectivity index (χ3n) is 6.61. The number of hydrogen-bond donors (Lipinski definition) is 2. The number of benzene rings is 1. The zero-order valence-electron chi connectivity index (χ0n) is 23.3. The van der Waals surface area contributed by atoms with Crippen molar-refractivity contribution in [3.05, 3.63) is 47.7 Å². The fourth-order valence-corrected chi connectivity index (χ4v) is 4.25. The predicted molar refractivity (Wildman–Crippen MR) is 145 cm³/mol. The van der Waals surface area contributed by atoms with E-state index in [0.717, 1.165) is 5.56 Å². The molecule has 1 aliphatic rings. The van der Waals surface area contributed by atoms with Gasteiger partial charge in [0.25, 0.3) is 11.8 Å². The van der Waals surface area contributed by atoms with Crippen LogP contribution in [0.5, 0.6) is 5.88 Å². The highest BCUT2D eigenvalue weighted by Gasteiger charge is 2.35. The van der Waals surface area contributed by atoms with Crippen LogP contribution >= 0.6 is 0 Å². The Morgan fingerprint density at radius 1 is 1.16 bits per heavy atom. The van der Waals surface area contributed by atoms with Gasteiger partial charge in [0.1, 0.15) is 11.7 Å². The molecule has 3 rings (SSSR count). The van der Waals surface area contributed by atoms with Crippen molar-refractivity contribution in [2.45, 2.75) is 45.9 Å². The molecule has 0 radical (unpaired) electrons. The molecule has 2 heterocycles. The van der Waals surface area contributed by atoms with Gasteiger partial charge in [0.15, 0.2) is 0 Å². The minimum absolute atomic E-state index is 0.00461. The Bertz CT molecular complexity index is 1150. The highest BCUT2D eigenvalue weighted by molar-refractivity contribution is 5.98. The Morgan fingerprint density at radius 2 is 1.82 bits per heavy atom. The van der Waals surface area contributed by atoms with E-state index in [2.05, 4.69) is 10.3 Å². The molecule has 0 bridgehead atoms. The molecular weight excluding hydrogens is 486 g/mol. The molecule has 0 saturated heterocycles. The van der Waals surface area contributed by atoms with Gasteiger partial charge in [0.2, 0.25) is 5.88 Å². The van der Waals surface area contributed by atoms with E-state index in [1.165, 1.54) is 4.90 Å². The Balaban J connectivity index is 1.98. The van der Waals surface area contributed by atoms with E-state index >= 15 is 0 Å². The molecule has 3 atom stereocenters. The maximum absolute atomic E-state index is 13.7. The van der Waals surface area contributed by atoms with Crippen molar-refractivity contribution in [1.29, 1.82) is 0 Å². The van der Waals surface area contributed by atoms with E-state index in [1.807, 2.05) is 32.9 Å². The number of aliphatic hydroxyl groups is 1. The number of ether oxygens (including phenoxy) is 1. The average Bonchev–Trinajstić information content (AvgIpc) is 2.89. The summed E-state index contributed by atoms with van der Waals surface area (Å²) < 4.78 is 6.28. The zero-order valence-corrected chi connectivity index (χ0v) is 23.3. The number of aromatic nitrogens is 1. The maximum Gasteiger partial charge on any atom is 0.317 e. The number of nitrogens with zero attached hydrogens (tertiary/aromatic N) is 4. The fourth-order valence-electron chi connectivity index (χ4n) is 4.25. The van der Waals surface area contributed by atoms with Crippen LogP contribution < -0.4 is 10.1 Å². The van der Waals surface area contributed by atoms with Gasteiger partial charge < -0.3 is 29.9 Å². The molecule has 0 unspecified atom stereocenters. The molecule has 1 aliphatic heterocycles. The molecule has 0 aliphatic carbocycles. The van der Waals surface area contributed by atoms with E-state index in [1.54, 1.807) is 62.3 Å². The van der Waals surface area contributed by atoms with Crippen molar-refractivity contribution in [2.75, 3.05) is 40.8 Å². The summed E-state index contributed by atoms with van der Waals surface area (Å²) in [6.07, 6.45) is 1.19. The molecule has 2 N–H and O–H groups in total. The molecule has 0 fully saturated rings. The first-order valence-corrected chi connectivity index (χ1v) is 12.8. The van der Waals surface area contributed by atoms with Gasteiger partial charge in [0, 0.05) is 57.0 Å². The Labute approximate surface area is 224 Å². The normalized spacial score (nSPS) is 18.1. The van der Waals surface area contributed by atoms with Crippen molar-refractivity contribution >= 4 is 17.8 Å². The molecule has 10 nitrogen and oxygen atoms in total. The average molecular weight is 526 g/mol. The molecule has 0 spiro atoms. The lowest BCUT2D eigenvalue weighted by molar-refractivity contribution is 0.0352. The molecule has 0 saturated carbocycles. The fraction of sp³-hybridized carbons (Fsp3) is 0.500. The van der Waals surface area contributed by atoms with E-state index < -0.39 is 12.1 Å². The Hall–Kier alpha value is -3.66. The maximum atomic E-state index is 13.7. The van der Waals surface area contributed by atoms with Crippen LogP contribution in [0.4, 0.5) is 4.79 Å². The van der Waals surface area contributed by atoms with Crippen molar-refractivity contribution < 1.29 is 24.2 Å². The summed E-state index contributed by atoms with van der Waals surface area (Å²) in [6.45, 7) is 7.98. The van der Waals surface area contributed by atoms with Crippen LogP contribution in [0.15, 0.2) is 36.5 Å². The van der Waals surface area contributed by atoms with Gasteiger partial charge in [-0.1, -0.05) is 19.1 Å². The van der Waals surface area contributed by atoms with Gasteiger partial charge in [-0.25, -0.2) is 9.78 Å². The lowest BCUT2D eigenvalue weighted by Crippen LogP contribution is -2.51. The van der Waals surface area contributed by atoms with Gasteiger partial charge in [0.05, 0.1) is 19.2 Å². The smallest absolute Gasteiger partial charge is 0.317 e. The molecule has 38 heavy (non-hydrogen) atoms. The number of fused-ring (bicyclic) bond motifs is 1. The number of aliphatic hydroxyl groups excluding tert-OH is 1. The van der Waals surface area contributed by atoms with Crippen LogP contribution in [0.25, 0.3) is 11.1 Å². The van der Waals surface area contributed by atoms with Gasteiger partial charge in [-0.3, -0.25) is 9.59 Å². The third-order valence-corrected chi connectivity index (χ3v) is 6.61. The summed E-state index contributed by atoms with van der Waals surface area (Å²) >= 11 is 0. The van der Waals surface area contributed by atoms with Crippen molar-refractivity contribution in [2.24, 2.45) is 5.92 Å². The largest absolute Gasteiger partial charge is 0.472 e. The number of likely N-dealkylation sites (N-methyl/N-ethyl adjacent to an activating group) is 1. The van der Waals surface area contributed by atoms with Gasteiger partial charge in [-0.15, -0.1) is 0 Å². The lowest BCUT2D eigenvalue weighted by Gasteiger charge is -2.37. The molecule has 2 aromatic rings. The van der Waals surface area contributed by atoms with E-state index in [4.69, 9.17) is 4.74 Å². The second-order valence-corrected chi connectivity index (χ2v) is 10.5. The summed E-state index contributed by atoms with van der Waals surface area (Å²) in [7, 11) is 5.10. The highest BCUT2D eigenvalue weighted by Crippen LogP contribution is 2.30. The molecular formula is C28H39N5O5. The van der Waals surface area contributed by atoms with Gasteiger partial charge >= 0.3 is 6.03 Å². The molecule has 206 valence electrons. The predicted octanol–water partition coefficient (Wildman–Crippen LogP) is 2.72. The van der Waals surface area contributed by atoms with Crippen LogP contribution in [-0.2, 0) is 0 Å². The standard InChI is InChI=1S/C28H39N5O5/c1-17(2)30-28(37)32(7)15-24-18(3)14-33(19(4)16-34)27(36)23-12-22(13-29-25(23)38-24)20-8-10-21(11-9-20)26(35)31(5)6/h8-13,17-19,24,34H,14-16H2,1-7H3,(H,30,37)/t18-,19-,24-/m0/s1. The zero-order chi connectivity index (χ0) is 28.1. The first-order valence-electron chi connectivity index (χ1n) is 12.8. The Morgan fingerprint density at radius 3 is 2.39 bits per heavy atom. The Kier molecular flexibility index (Phi) is 9.32. The minimum atomic E-state index is -0.437. The molecule has 1 aromatic carbocycles. The van der Waals surface area contributed by atoms with Gasteiger partial charge in [-0.2, -0.15) is 0 Å². The van der Waals surface area contributed by atoms with Crippen molar-refractivity contribution in [1.82, 2.24) is 25.0 Å². The van der Waals surface area contributed by atoms with Crippen LogP contribution in [0.3, 0.4) is 0 Å². The van der Waals surface area contributed by atoms with Crippen LogP contribution in [0.1, 0.15) is 48.4 Å². The SMILES string of the molecule is CC(C)NC(=O)N(C)C[C@@H]1Oc2ncc(-c3ccc(C(=O)N(C)C)cc3)cc2C(=O)N([C@@H](C)CO)C[C@@H]1C. The molecule has 4 amide bonds. The highest BCUT2D eigenvalue weighted by atomic mass is 16.5. The number of hydrogen-bond acceptors (Lipinski definition) is 6. The molecule has 10 heteroatoms. The van der Waals surface area contributed by atoms with Crippen LogP contribution in [-0.4, -0.2) is 102 Å². The first kappa shape index (κ1) is 28.9. The monoisotopic (exact) mass is 525 g/mol. The van der Waals surface area contributed by atoms with E-state index in [0.29, 0.717) is 24.2 Å². The van der Waals surface area contributed by atoms with Crippen LogP contribution in [0.2, 0.25) is 0 Å². The number of carbonyl (C=O) groups excluding carboxylic acids is 3. The van der Waals surface area contributed by atoms with Crippen molar-refractivity contribution in [3.8, 4) is 17.0 Å². The number of carbonyl (C=O) groups is 3. The van der Waals surface area contributed by atoms with Gasteiger partial charge in [-0.05, 0) is 44.5 Å². The second kappa shape index (κ2) is 12.3. The minimum Gasteiger partial charge on any atom is -0.472 e. The summed E-state index contributed by atoms with van der Waals surface area (Å²) in [5.41, 5.74) is 2.33. The summed E-state index contributed by atoms with van der Waals surface area (Å²) in [4.78, 5) is 47.7. The third kappa shape index (κ3) is 6.61. The van der Waals surface area contributed by atoms with Crippen LogP contribution in [0, 0.1) is 5.92 Å². The number of urea groups is 1. The molecule has 1 aromatic heterocycles. The summed E-state index contributed by atoms with van der Waals surface area (Å²) in [5, 5.41) is 12.8. The number of amides is 4. The second-order valence-electron chi connectivity index (χ2n) is 10.5. The number of nitrogens with one attached hydrogen (secondary N) is 1. The van der Waals surface area contributed by atoms with Crippen molar-refractivity contribution in [3.63, 3.8) is 0 Å². The number of pyridine rings is 1. The topological polar surface area (TPSA) is 115 Å². The lowest BCUT2D eigenvalue weighted by atomic mass is 9.99. The van der Waals surface area contributed by atoms with E-state index in [9.17, 15) is 19.5 Å². The number of rotatable bonds is 7.